The number of hydrogen-bond acceptors (Lipinski definition) is 6. The molecule has 7 nitrogen and oxygen atoms in total. The Labute approximate surface area is 181 Å². The first kappa shape index (κ1) is 20.6. The molecule has 1 fully saturated rings. The predicted molar refractivity (Wildman–Crippen MR) is 120 cm³/mol. The first-order chi connectivity index (χ1) is 14.6. The summed E-state index contributed by atoms with van der Waals surface area (Å²) in [7, 11) is 1.96. The number of aliphatic imine (C=N–C) groups is 1. The van der Waals surface area contributed by atoms with Gasteiger partial charge in [-0.2, -0.15) is 5.10 Å². The maximum Gasteiger partial charge on any atom is 0.325 e. The highest BCUT2D eigenvalue weighted by Gasteiger charge is 2.34. The Morgan fingerprint density at radius 1 is 1.30 bits per heavy atom. The van der Waals surface area contributed by atoms with E-state index < -0.39 is 0 Å². The van der Waals surface area contributed by atoms with Crippen LogP contribution in [0.2, 0.25) is 5.02 Å². The standard InChI is InChI=1S/C22H26ClN5O2/c1-3-30-22(29)18-14-28(13-12-27(18)2)21-19(15-8-10-24-11-9-15)20(25-26-21)16-4-6-17(23)7-5-16/h4-8,10,18H,3,9,11-14H2,1-2H3,(H,25,26). The summed E-state index contributed by atoms with van der Waals surface area (Å²) >= 11 is 6.09. The summed E-state index contributed by atoms with van der Waals surface area (Å²) in [5, 5.41) is 8.62. The van der Waals surface area contributed by atoms with Crippen molar-refractivity contribution in [2.45, 2.75) is 19.4 Å². The van der Waals surface area contributed by atoms with E-state index in [2.05, 4.69) is 21.1 Å². The van der Waals surface area contributed by atoms with E-state index in [0.717, 1.165) is 48.7 Å². The van der Waals surface area contributed by atoms with E-state index >= 15 is 0 Å². The number of piperazine rings is 1. The summed E-state index contributed by atoms with van der Waals surface area (Å²) in [5.74, 6) is 0.674. The summed E-state index contributed by atoms with van der Waals surface area (Å²) in [6.07, 6.45) is 4.75. The average Bonchev–Trinajstić information content (AvgIpc) is 3.20. The van der Waals surface area contributed by atoms with E-state index in [0.29, 0.717) is 18.2 Å². The Bertz CT molecular complexity index is 966. The van der Waals surface area contributed by atoms with E-state index in [4.69, 9.17) is 21.4 Å². The number of aromatic amines is 1. The number of likely N-dealkylation sites (N-methyl/N-ethyl adjacent to an activating group) is 1. The van der Waals surface area contributed by atoms with E-state index in [9.17, 15) is 4.79 Å². The molecular formula is C22H26ClN5O2. The fourth-order valence-electron chi connectivity index (χ4n) is 3.94. The van der Waals surface area contributed by atoms with Crippen molar-refractivity contribution in [1.29, 1.82) is 0 Å². The molecule has 0 saturated carbocycles. The van der Waals surface area contributed by atoms with Crippen LogP contribution in [0.15, 0.2) is 35.3 Å². The molecule has 1 unspecified atom stereocenters. The van der Waals surface area contributed by atoms with Gasteiger partial charge in [-0.3, -0.25) is 19.8 Å². The quantitative estimate of drug-likeness (QED) is 0.741. The Balaban J connectivity index is 1.72. The molecule has 0 radical (unpaired) electrons. The number of dihydropyridines is 1. The molecule has 1 aromatic carbocycles. The first-order valence-corrected chi connectivity index (χ1v) is 10.6. The Morgan fingerprint density at radius 2 is 2.10 bits per heavy atom. The summed E-state index contributed by atoms with van der Waals surface area (Å²) in [4.78, 5) is 21.0. The van der Waals surface area contributed by atoms with Crippen molar-refractivity contribution in [2.24, 2.45) is 4.99 Å². The van der Waals surface area contributed by atoms with Crippen LogP contribution in [0.3, 0.4) is 0 Å². The van der Waals surface area contributed by atoms with Gasteiger partial charge in [0.1, 0.15) is 6.04 Å². The number of ether oxygens (including phenoxy) is 1. The predicted octanol–water partition coefficient (Wildman–Crippen LogP) is 3.27. The smallest absolute Gasteiger partial charge is 0.325 e. The van der Waals surface area contributed by atoms with Crippen LogP contribution in [0, 0.1) is 0 Å². The summed E-state index contributed by atoms with van der Waals surface area (Å²) in [5.41, 5.74) is 4.23. The third-order valence-electron chi connectivity index (χ3n) is 5.60. The number of H-pyrrole nitrogens is 1. The number of anilines is 1. The fraction of sp³-hybridized carbons (Fsp3) is 0.409. The van der Waals surface area contributed by atoms with Crippen molar-refractivity contribution in [3.63, 3.8) is 0 Å². The van der Waals surface area contributed by atoms with Gasteiger partial charge < -0.3 is 9.64 Å². The van der Waals surface area contributed by atoms with E-state index in [1.54, 1.807) is 0 Å². The number of nitrogens with zero attached hydrogens (tertiary/aromatic N) is 4. The summed E-state index contributed by atoms with van der Waals surface area (Å²) < 4.78 is 5.29. The zero-order chi connectivity index (χ0) is 21.1. The third-order valence-corrected chi connectivity index (χ3v) is 5.85. The topological polar surface area (TPSA) is 73.8 Å². The van der Waals surface area contributed by atoms with Crippen molar-refractivity contribution in [2.75, 3.05) is 44.7 Å². The van der Waals surface area contributed by atoms with Crippen LogP contribution in [0.1, 0.15) is 18.9 Å². The number of esters is 1. The lowest BCUT2D eigenvalue weighted by molar-refractivity contribution is -0.149. The number of halogens is 1. The van der Waals surface area contributed by atoms with Crippen molar-refractivity contribution in [1.82, 2.24) is 15.1 Å². The number of hydrogen-bond donors (Lipinski definition) is 1. The molecule has 0 spiro atoms. The first-order valence-electron chi connectivity index (χ1n) is 10.2. The number of carbonyl (C=O) groups excluding carboxylic acids is 1. The minimum Gasteiger partial charge on any atom is -0.465 e. The van der Waals surface area contributed by atoms with Crippen molar-refractivity contribution in [3.05, 3.63) is 40.9 Å². The van der Waals surface area contributed by atoms with Gasteiger partial charge in [-0.15, -0.1) is 0 Å². The maximum absolute atomic E-state index is 12.5. The highest BCUT2D eigenvalue weighted by Crippen LogP contribution is 2.37. The Hall–Kier alpha value is -2.64. The number of aromatic nitrogens is 2. The SMILES string of the molecule is CCOC(=O)C1CN(c2n[nH]c(-c3ccc(Cl)cc3)c2C2=CC=NCC2)CCN1C. The molecule has 2 aliphatic heterocycles. The normalized spacial score (nSPS) is 19.6. The minimum atomic E-state index is -0.316. The molecule has 0 amide bonds. The fourth-order valence-corrected chi connectivity index (χ4v) is 4.07. The molecule has 0 aliphatic carbocycles. The molecule has 8 heteroatoms. The second kappa shape index (κ2) is 9.02. The molecule has 1 atom stereocenters. The van der Waals surface area contributed by atoms with Gasteiger partial charge in [-0.05, 0) is 44.2 Å². The van der Waals surface area contributed by atoms with E-state index in [1.807, 2.05) is 49.4 Å². The molecule has 1 aromatic heterocycles. The lowest BCUT2D eigenvalue weighted by Crippen LogP contribution is -2.55. The molecule has 0 bridgehead atoms. The Morgan fingerprint density at radius 3 is 2.80 bits per heavy atom. The van der Waals surface area contributed by atoms with Crippen LogP contribution in [0.5, 0.6) is 0 Å². The second-order valence-corrected chi connectivity index (χ2v) is 7.93. The van der Waals surface area contributed by atoms with Gasteiger partial charge in [0.15, 0.2) is 5.82 Å². The number of rotatable bonds is 5. The minimum absolute atomic E-state index is 0.191. The molecule has 30 heavy (non-hydrogen) atoms. The number of allylic oxidation sites excluding steroid dienone is 1. The van der Waals surface area contributed by atoms with Gasteiger partial charge in [0, 0.05) is 48.5 Å². The highest BCUT2D eigenvalue weighted by atomic mass is 35.5. The number of carbonyl (C=O) groups is 1. The van der Waals surface area contributed by atoms with Gasteiger partial charge in [-0.25, -0.2) is 0 Å². The van der Waals surface area contributed by atoms with Crippen LogP contribution in [-0.4, -0.2) is 73.2 Å². The maximum atomic E-state index is 12.5. The Kier molecular flexibility index (Phi) is 6.20. The molecule has 1 N–H and O–H groups in total. The van der Waals surface area contributed by atoms with Crippen LogP contribution >= 0.6 is 11.6 Å². The number of benzene rings is 1. The zero-order valence-electron chi connectivity index (χ0n) is 17.3. The average molecular weight is 428 g/mol. The highest BCUT2D eigenvalue weighted by molar-refractivity contribution is 6.30. The largest absolute Gasteiger partial charge is 0.465 e. The summed E-state index contributed by atoms with van der Waals surface area (Å²) in [6.45, 7) is 5.04. The van der Waals surface area contributed by atoms with Gasteiger partial charge >= 0.3 is 5.97 Å². The summed E-state index contributed by atoms with van der Waals surface area (Å²) in [6, 6.07) is 7.43. The van der Waals surface area contributed by atoms with Crippen LogP contribution in [0.25, 0.3) is 16.8 Å². The molecule has 2 aliphatic rings. The van der Waals surface area contributed by atoms with Gasteiger partial charge in [0.05, 0.1) is 12.3 Å². The molecule has 158 valence electrons. The van der Waals surface area contributed by atoms with Crippen LogP contribution in [-0.2, 0) is 9.53 Å². The number of nitrogens with one attached hydrogen (secondary N) is 1. The van der Waals surface area contributed by atoms with E-state index in [-0.39, 0.29) is 12.0 Å². The van der Waals surface area contributed by atoms with Gasteiger partial charge in [0.25, 0.3) is 0 Å². The van der Waals surface area contributed by atoms with Crippen LogP contribution < -0.4 is 4.90 Å². The monoisotopic (exact) mass is 427 g/mol. The van der Waals surface area contributed by atoms with Crippen molar-refractivity contribution < 1.29 is 9.53 Å². The molecule has 3 heterocycles. The molecule has 1 saturated heterocycles. The van der Waals surface area contributed by atoms with E-state index in [1.165, 1.54) is 5.57 Å². The molecule has 4 rings (SSSR count). The third kappa shape index (κ3) is 4.13. The lowest BCUT2D eigenvalue weighted by atomic mass is 9.96. The molecular weight excluding hydrogens is 402 g/mol. The van der Waals surface area contributed by atoms with Gasteiger partial charge in [-0.1, -0.05) is 23.7 Å². The van der Waals surface area contributed by atoms with Crippen molar-refractivity contribution in [3.8, 4) is 11.3 Å². The van der Waals surface area contributed by atoms with Gasteiger partial charge in [0.2, 0.25) is 0 Å². The molecule has 2 aromatic rings. The second-order valence-electron chi connectivity index (χ2n) is 7.50. The van der Waals surface area contributed by atoms with Crippen molar-refractivity contribution >= 4 is 35.2 Å². The lowest BCUT2D eigenvalue weighted by Gasteiger charge is -2.38. The van der Waals surface area contributed by atoms with Crippen LogP contribution in [0.4, 0.5) is 5.82 Å². The zero-order valence-corrected chi connectivity index (χ0v) is 18.0.